The van der Waals surface area contributed by atoms with Crippen LogP contribution in [0.5, 0.6) is 0 Å². The molecule has 0 radical (unpaired) electrons. The lowest BCUT2D eigenvalue weighted by molar-refractivity contribution is 0.187. The zero-order chi connectivity index (χ0) is 13.9. The summed E-state index contributed by atoms with van der Waals surface area (Å²) >= 11 is 0. The van der Waals surface area contributed by atoms with Crippen LogP contribution in [0.2, 0.25) is 0 Å². The van der Waals surface area contributed by atoms with Gasteiger partial charge in [-0.1, -0.05) is 35.5 Å². The van der Waals surface area contributed by atoms with Crippen LogP contribution >= 0.6 is 0 Å². The predicted molar refractivity (Wildman–Crippen MR) is 78.4 cm³/mol. The Kier molecular flexibility index (Phi) is 3.78. The van der Waals surface area contributed by atoms with Crippen LogP contribution in [0, 0.1) is 0 Å². The molecule has 3 rings (SSSR count). The topological polar surface area (TPSA) is 65.1 Å². The first kappa shape index (κ1) is 13.2. The van der Waals surface area contributed by atoms with Gasteiger partial charge in [0.15, 0.2) is 0 Å². The van der Waals surface area contributed by atoms with E-state index in [0.717, 1.165) is 26.1 Å². The third-order valence-electron chi connectivity index (χ3n) is 4.57. The number of fused-ring (bicyclic) bond motifs is 2. The molecule has 0 spiro atoms. The summed E-state index contributed by atoms with van der Waals surface area (Å²) in [5, 5.41) is 12.0. The van der Waals surface area contributed by atoms with Gasteiger partial charge in [0, 0.05) is 31.7 Å². The highest BCUT2D eigenvalue weighted by Gasteiger charge is 2.37. The molecular weight excluding hydrogens is 252 g/mol. The molecule has 0 aliphatic carbocycles. The minimum absolute atomic E-state index is 0.247. The summed E-state index contributed by atoms with van der Waals surface area (Å²) in [4.78, 5) is 4.60. The standard InChI is InChI=1S/C15H22N4O/c16-15(17-20)18-9-8-13-6-7-14(11-18)19(13)10-12-4-2-1-3-5-12/h1-5,13-14,20H,6-11H2,(H2,16,17). The van der Waals surface area contributed by atoms with E-state index in [1.807, 2.05) is 4.90 Å². The Morgan fingerprint density at radius 3 is 2.70 bits per heavy atom. The number of nitrogens with zero attached hydrogens (tertiary/aromatic N) is 3. The second-order valence-electron chi connectivity index (χ2n) is 5.74. The molecular formula is C15H22N4O. The van der Waals surface area contributed by atoms with E-state index in [1.54, 1.807) is 0 Å². The lowest BCUT2D eigenvalue weighted by Gasteiger charge is -2.28. The molecule has 2 saturated heterocycles. The summed E-state index contributed by atoms with van der Waals surface area (Å²) in [6.45, 7) is 2.74. The molecule has 5 nitrogen and oxygen atoms in total. The van der Waals surface area contributed by atoms with Gasteiger partial charge in [-0.2, -0.15) is 0 Å². The first-order chi connectivity index (χ1) is 9.78. The van der Waals surface area contributed by atoms with Crippen molar-refractivity contribution in [3.63, 3.8) is 0 Å². The summed E-state index contributed by atoms with van der Waals surface area (Å²) in [5.74, 6) is 0.247. The first-order valence-electron chi connectivity index (χ1n) is 7.30. The SMILES string of the molecule is N/C(=N/O)N1CCC2CCC(C1)N2Cc1ccccc1. The monoisotopic (exact) mass is 274 g/mol. The van der Waals surface area contributed by atoms with Crippen molar-refractivity contribution in [2.45, 2.75) is 37.9 Å². The van der Waals surface area contributed by atoms with Gasteiger partial charge in [0.1, 0.15) is 0 Å². The van der Waals surface area contributed by atoms with Crippen LogP contribution in [0.3, 0.4) is 0 Å². The van der Waals surface area contributed by atoms with Gasteiger partial charge in [-0.15, -0.1) is 0 Å². The Morgan fingerprint density at radius 2 is 1.95 bits per heavy atom. The van der Waals surface area contributed by atoms with Crippen LogP contribution in [0.1, 0.15) is 24.8 Å². The van der Waals surface area contributed by atoms with Crippen LogP contribution in [-0.4, -0.2) is 46.1 Å². The fourth-order valence-electron chi connectivity index (χ4n) is 3.50. The van der Waals surface area contributed by atoms with Crippen molar-refractivity contribution in [2.24, 2.45) is 10.9 Å². The molecule has 1 aromatic rings. The predicted octanol–water partition coefficient (Wildman–Crippen LogP) is 1.43. The van der Waals surface area contributed by atoms with Crippen LogP contribution in [0.15, 0.2) is 35.5 Å². The highest BCUT2D eigenvalue weighted by molar-refractivity contribution is 5.77. The van der Waals surface area contributed by atoms with Crippen LogP contribution in [0.4, 0.5) is 0 Å². The van der Waals surface area contributed by atoms with Gasteiger partial charge >= 0.3 is 0 Å². The minimum Gasteiger partial charge on any atom is -0.408 e. The Labute approximate surface area is 119 Å². The van der Waals surface area contributed by atoms with Crippen LogP contribution in [0.25, 0.3) is 0 Å². The largest absolute Gasteiger partial charge is 0.408 e. The van der Waals surface area contributed by atoms with Gasteiger partial charge in [0.05, 0.1) is 0 Å². The number of guanidine groups is 1. The van der Waals surface area contributed by atoms with Crippen molar-refractivity contribution in [3.8, 4) is 0 Å². The molecule has 2 aliphatic heterocycles. The molecule has 3 N–H and O–H groups in total. The average Bonchev–Trinajstić information content (AvgIpc) is 2.74. The fraction of sp³-hybridized carbons (Fsp3) is 0.533. The molecule has 1 aromatic carbocycles. The molecule has 2 heterocycles. The van der Waals surface area contributed by atoms with E-state index < -0.39 is 0 Å². The Balaban J connectivity index is 1.73. The molecule has 5 heteroatoms. The normalized spacial score (nSPS) is 27.6. The number of hydrogen-bond donors (Lipinski definition) is 2. The minimum atomic E-state index is 0.247. The van der Waals surface area contributed by atoms with Crippen LogP contribution < -0.4 is 5.73 Å². The van der Waals surface area contributed by atoms with Crippen molar-refractivity contribution >= 4 is 5.96 Å². The highest BCUT2D eigenvalue weighted by atomic mass is 16.4. The molecule has 2 aliphatic rings. The van der Waals surface area contributed by atoms with E-state index in [4.69, 9.17) is 10.9 Å². The fourth-order valence-corrected chi connectivity index (χ4v) is 3.50. The van der Waals surface area contributed by atoms with Crippen molar-refractivity contribution in [1.29, 1.82) is 0 Å². The third-order valence-corrected chi connectivity index (χ3v) is 4.57. The summed E-state index contributed by atoms with van der Waals surface area (Å²) in [5.41, 5.74) is 7.12. The van der Waals surface area contributed by atoms with Gasteiger partial charge in [-0.05, 0) is 24.8 Å². The van der Waals surface area contributed by atoms with Gasteiger partial charge in [0.25, 0.3) is 0 Å². The number of benzene rings is 1. The molecule has 0 aromatic heterocycles. The number of oxime groups is 1. The summed E-state index contributed by atoms with van der Waals surface area (Å²) in [7, 11) is 0. The first-order valence-corrected chi connectivity index (χ1v) is 7.30. The quantitative estimate of drug-likeness (QED) is 0.370. The molecule has 0 amide bonds. The molecule has 2 fully saturated rings. The number of hydrogen-bond acceptors (Lipinski definition) is 3. The molecule has 108 valence electrons. The van der Waals surface area contributed by atoms with Crippen molar-refractivity contribution in [1.82, 2.24) is 9.80 Å². The van der Waals surface area contributed by atoms with Crippen molar-refractivity contribution < 1.29 is 5.21 Å². The second kappa shape index (κ2) is 5.71. The van der Waals surface area contributed by atoms with Crippen molar-refractivity contribution in [2.75, 3.05) is 13.1 Å². The number of rotatable bonds is 2. The Morgan fingerprint density at radius 1 is 1.20 bits per heavy atom. The zero-order valence-corrected chi connectivity index (χ0v) is 11.7. The van der Waals surface area contributed by atoms with E-state index >= 15 is 0 Å². The Bertz CT molecular complexity index is 476. The van der Waals surface area contributed by atoms with E-state index in [1.165, 1.54) is 18.4 Å². The van der Waals surface area contributed by atoms with Gasteiger partial charge < -0.3 is 15.8 Å². The highest BCUT2D eigenvalue weighted by Crippen LogP contribution is 2.31. The van der Waals surface area contributed by atoms with Gasteiger partial charge in [-0.3, -0.25) is 4.90 Å². The molecule has 20 heavy (non-hydrogen) atoms. The maximum atomic E-state index is 8.86. The van der Waals surface area contributed by atoms with Crippen LogP contribution in [-0.2, 0) is 6.54 Å². The molecule has 2 atom stereocenters. The third kappa shape index (κ3) is 2.58. The lowest BCUT2D eigenvalue weighted by Crippen LogP contribution is -2.43. The lowest BCUT2D eigenvalue weighted by atomic mass is 10.1. The molecule has 2 bridgehead atoms. The maximum Gasteiger partial charge on any atom is 0.233 e. The maximum absolute atomic E-state index is 8.86. The number of nitrogens with two attached hydrogens (primary N) is 1. The molecule has 0 saturated carbocycles. The zero-order valence-electron chi connectivity index (χ0n) is 11.7. The van der Waals surface area contributed by atoms with Gasteiger partial charge in [-0.25, -0.2) is 0 Å². The van der Waals surface area contributed by atoms with E-state index in [-0.39, 0.29) is 5.96 Å². The summed E-state index contributed by atoms with van der Waals surface area (Å²) in [6.07, 6.45) is 3.55. The van der Waals surface area contributed by atoms with E-state index in [9.17, 15) is 0 Å². The Hall–Kier alpha value is -1.75. The van der Waals surface area contributed by atoms with Gasteiger partial charge in [0.2, 0.25) is 5.96 Å². The van der Waals surface area contributed by atoms with E-state index in [0.29, 0.717) is 12.1 Å². The smallest absolute Gasteiger partial charge is 0.233 e. The number of likely N-dealkylation sites (tertiary alicyclic amines) is 1. The average molecular weight is 274 g/mol. The van der Waals surface area contributed by atoms with Crippen molar-refractivity contribution in [3.05, 3.63) is 35.9 Å². The van der Waals surface area contributed by atoms with E-state index in [2.05, 4.69) is 40.4 Å². The molecule has 2 unspecified atom stereocenters. The second-order valence-corrected chi connectivity index (χ2v) is 5.74. The summed E-state index contributed by atoms with van der Waals surface area (Å²) in [6, 6.07) is 11.7. The summed E-state index contributed by atoms with van der Waals surface area (Å²) < 4.78 is 0.